The molecule has 0 aliphatic rings. The average molecular weight is 819 g/mol. The van der Waals surface area contributed by atoms with E-state index in [2.05, 4.69) is 26.0 Å². The van der Waals surface area contributed by atoms with Crippen LogP contribution in [0.3, 0.4) is 0 Å². The number of carbonyl (C=O) groups excluding carboxylic acids is 2. The summed E-state index contributed by atoms with van der Waals surface area (Å²) in [6.45, 7) is 4.19. The lowest BCUT2D eigenvalue weighted by atomic mass is 10.0. The van der Waals surface area contributed by atoms with Gasteiger partial charge in [-0.25, -0.2) is 0 Å². The zero-order valence-electron chi connectivity index (χ0n) is 39.3. The van der Waals surface area contributed by atoms with Gasteiger partial charge in [-0.2, -0.15) is 0 Å². The van der Waals surface area contributed by atoms with Gasteiger partial charge in [-0.3, -0.25) is 9.59 Å². The Balaban J connectivity index is 3.43. The number of allylic oxidation sites excluding steroid dienone is 2. The summed E-state index contributed by atoms with van der Waals surface area (Å²) in [7, 11) is 0. The van der Waals surface area contributed by atoms with Gasteiger partial charge < -0.3 is 14.6 Å². The lowest BCUT2D eigenvalue weighted by Gasteiger charge is -2.15. The van der Waals surface area contributed by atoms with Crippen LogP contribution >= 0.6 is 0 Å². The average Bonchev–Trinajstić information content (AvgIpc) is 3.23. The Hall–Kier alpha value is -1.36. The van der Waals surface area contributed by atoms with Crippen LogP contribution in [0.2, 0.25) is 0 Å². The number of aliphatic hydroxyl groups is 1. The molecular weight excluding hydrogens is 717 g/mol. The highest BCUT2D eigenvalue weighted by Crippen LogP contribution is 2.17. The van der Waals surface area contributed by atoms with Crippen LogP contribution in [-0.2, 0) is 19.1 Å². The van der Waals surface area contributed by atoms with Crippen molar-refractivity contribution in [3.63, 3.8) is 0 Å². The summed E-state index contributed by atoms with van der Waals surface area (Å²) >= 11 is 0. The normalized spacial score (nSPS) is 12.1. The van der Waals surface area contributed by atoms with Gasteiger partial charge in [-0.15, -0.1) is 0 Å². The van der Waals surface area contributed by atoms with Crippen molar-refractivity contribution < 1.29 is 24.2 Å². The molecule has 0 heterocycles. The number of hydrogen-bond acceptors (Lipinski definition) is 5. The summed E-state index contributed by atoms with van der Waals surface area (Å²) in [5, 5.41) is 9.63. The summed E-state index contributed by atoms with van der Waals surface area (Å²) in [6, 6.07) is 0. The molecule has 0 amide bonds. The Morgan fingerprint density at radius 1 is 0.379 bits per heavy atom. The topological polar surface area (TPSA) is 72.8 Å². The predicted molar refractivity (Wildman–Crippen MR) is 252 cm³/mol. The first-order chi connectivity index (χ1) is 28.6. The Bertz CT molecular complexity index is 840. The van der Waals surface area contributed by atoms with E-state index in [-0.39, 0.29) is 25.2 Å². The standard InChI is InChI=1S/C53H102O5/c1-3-5-7-9-11-13-15-17-19-21-23-25-26-28-30-32-34-36-38-40-42-44-46-48-53(56)58-51(49-54)50-57-52(55)47-45-43-41-39-37-35-33-31-29-27-24-22-20-18-16-14-12-10-8-6-4-2/h18,20,51,54H,3-17,19,21-50H2,1-2H3/b20-18+/t51-/m0/s1. The minimum atomic E-state index is -0.766. The molecule has 1 N–H and O–H groups in total. The van der Waals surface area contributed by atoms with E-state index >= 15 is 0 Å². The Kier molecular flexibility index (Phi) is 48.8. The molecular formula is C53H102O5. The molecule has 0 aromatic carbocycles. The van der Waals surface area contributed by atoms with E-state index in [1.807, 2.05) is 0 Å². The first-order valence-corrected chi connectivity index (χ1v) is 26.2. The Morgan fingerprint density at radius 3 is 0.931 bits per heavy atom. The second-order valence-corrected chi connectivity index (χ2v) is 18.0. The van der Waals surface area contributed by atoms with Gasteiger partial charge in [-0.1, -0.05) is 257 Å². The van der Waals surface area contributed by atoms with Crippen LogP contribution < -0.4 is 0 Å². The van der Waals surface area contributed by atoms with Crippen molar-refractivity contribution in [1.82, 2.24) is 0 Å². The lowest BCUT2D eigenvalue weighted by molar-refractivity contribution is -0.161. The smallest absolute Gasteiger partial charge is 0.306 e. The van der Waals surface area contributed by atoms with Crippen molar-refractivity contribution in [3.8, 4) is 0 Å². The molecule has 0 aromatic rings. The molecule has 0 aliphatic carbocycles. The van der Waals surface area contributed by atoms with Crippen LogP contribution in [0, 0.1) is 0 Å². The molecule has 5 nitrogen and oxygen atoms in total. The van der Waals surface area contributed by atoms with Gasteiger partial charge in [0.05, 0.1) is 6.61 Å². The zero-order chi connectivity index (χ0) is 42.1. The molecule has 0 aromatic heterocycles. The maximum atomic E-state index is 12.3. The molecule has 5 heteroatoms. The molecule has 0 rings (SSSR count). The number of hydrogen-bond donors (Lipinski definition) is 1. The van der Waals surface area contributed by atoms with Crippen molar-refractivity contribution in [1.29, 1.82) is 0 Å². The van der Waals surface area contributed by atoms with Crippen molar-refractivity contribution in [3.05, 3.63) is 12.2 Å². The van der Waals surface area contributed by atoms with E-state index in [0.717, 1.165) is 38.5 Å². The third-order valence-corrected chi connectivity index (χ3v) is 12.1. The van der Waals surface area contributed by atoms with Gasteiger partial charge in [0.2, 0.25) is 0 Å². The molecule has 1 atom stereocenters. The minimum Gasteiger partial charge on any atom is -0.462 e. The molecule has 58 heavy (non-hydrogen) atoms. The van der Waals surface area contributed by atoms with Gasteiger partial charge in [0, 0.05) is 12.8 Å². The van der Waals surface area contributed by atoms with Gasteiger partial charge in [0.15, 0.2) is 6.10 Å². The molecule has 0 aliphatic heterocycles. The monoisotopic (exact) mass is 819 g/mol. The number of ether oxygens (including phenoxy) is 2. The fourth-order valence-electron chi connectivity index (χ4n) is 8.08. The van der Waals surface area contributed by atoms with E-state index in [1.165, 1.54) is 231 Å². The van der Waals surface area contributed by atoms with Crippen molar-refractivity contribution in [2.45, 2.75) is 302 Å². The van der Waals surface area contributed by atoms with Crippen molar-refractivity contribution in [2.24, 2.45) is 0 Å². The van der Waals surface area contributed by atoms with Gasteiger partial charge in [0.1, 0.15) is 6.61 Å². The van der Waals surface area contributed by atoms with E-state index in [1.54, 1.807) is 0 Å². The zero-order valence-corrected chi connectivity index (χ0v) is 39.3. The van der Waals surface area contributed by atoms with Crippen LogP contribution in [-0.4, -0.2) is 36.4 Å². The minimum absolute atomic E-state index is 0.0591. The SMILES string of the molecule is CCCCCCCC/C=C/CCCCCCCCCCCCCC(=O)OC[C@H](CO)OC(=O)CCCCCCCCCCCCCCCCCCCCCCCCC. The van der Waals surface area contributed by atoms with Crippen molar-refractivity contribution in [2.75, 3.05) is 13.2 Å². The van der Waals surface area contributed by atoms with Crippen LogP contribution in [0.25, 0.3) is 0 Å². The van der Waals surface area contributed by atoms with E-state index in [4.69, 9.17) is 9.47 Å². The summed E-state index contributed by atoms with van der Waals surface area (Å²) < 4.78 is 10.7. The van der Waals surface area contributed by atoms with E-state index in [0.29, 0.717) is 12.8 Å². The fourth-order valence-corrected chi connectivity index (χ4v) is 8.08. The largest absolute Gasteiger partial charge is 0.462 e. The molecule has 0 saturated carbocycles. The molecule has 0 spiro atoms. The fraction of sp³-hybridized carbons (Fsp3) is 0.925. The van der Waals surface area contributed by atoms with Gasteiger partial charge in [-0.05, 0) is 38.5 Å². The number of esters is 2. The third-order valence-electron chi connectivity index (χ3n) is 12.1. The lowest BCUT2D eigenvalue weighted by Crippen LogP contribution is -2.28. The Morgan fingerprint density at radius 2 is 0.638 bits per heavy atom. The third kappa shape index (κ3) is 47.3. The first kappa shape index (κ1) is 56.6. The molecule has 0 saturated heterocycles. The molecule has 0 bridgehead atoms. The predicted octanol–water partition coefficient (Wildman–Crippen LogP) is 17.2. The van der Waals surface area contributed by atoms with Crippen LogP contribution in [0.5, 0.6) is 0 Å². The highest BCUT2D eigenvalue weighted by atomic mass is 16.6. The highest BCUT2D eigenvalue weighted by molar-refractivity contribution is 5.70. The summed E-state index contributed by atoms with van der Waals surface area (Å²) in [4.78, 5) is 24.5. The van der Waals surface area contributed by atoms with Gasteiger partial charge in [0.25, 0.3) is 0 Å². The Labute approximate surface area is 362 Å². The molecule has 0 unspecified atom stereocenters. The first-order valence-electron chi connectivity index (χ1n) is 26.2. The molecule has 0 fully saturated rings. The molecule has 0 radical (unpaired) electrons. The summed E-state index contributed by atoms with van der Waals surface area (Å²) in [5.74, 6) is -0.571. The van der Waals surface area contributed by atoms with Crippen molar-refractivity contribution >= 4 is 11.9 Å². The number of aliphatic hydroxyl groups excluding tert-OH is 1. The summed E-state index contributed by atoms with van der Waals surface area (Å²) in [6.07, 6.45) is 60.3. The number of rotatable bonds is 49. The van der Waals surface area contributed by atoms with E-state index in [9.17, 15) is 14.7 Å². The highest BCUT2D eigenvalue weighted by Gasteiger charge is 2.16. The van der Waals surface area contributed by atoms with Crippen LogP contribution in [0.4, 0.5) is 0 Å². The molecule has 344 valence electrons. The quantitative estimate of drug-likeness (QED) is 0.0376. The van der Waals surface area contributed by atoms with Gasteiger partial charge >= 0.3 is 11.9 Å². The van der Waals surface area contributed by atoms with Crippen LogP contribution in [0.15, 0.2) is 12.2 Å². The maximum absolute atomic E-state index is 12.3. The maximum Gasteiger partial charge on any atom is 0.306 e. The number of unbranched alkanes of at least 4 members (excludes halogenated alkanes) is 39. The second kappa shape index (κ2) is 50.0. The summed E-state index contributed by atoms with van der Waals surface area (Å²) in [5.41, 5.74) is 0. The number of carbonyl (C=O) groups is 2. The van der Waals surface area contributed by atoms with Crippen LogP contribution in [0.1, 0.15) is 296 Å². The van der Waals surface area contributed by atoms with E-state index < -0.39 is 6.10 Å². The second-order valence-electron chi connectivity index (χ2n) is 18.0.